The molecular weight excluding hydrogens is 270 g/mol. The van der Waals surface area contributed by atoms with Crippen LogP contribution in [0.1, 0.15) is 16.8 Å². The number of nitrogens with zero attached hydrogens (tertiary/aromatic N) is 2. The number of nitrogens with one attached hydrogen (secondary N) is 1. The molecule has 1 N–H and O–H groups in total. The van der Waals surface area contributed by atoms with Gasteiger partial charge in [-0.3, -0.25) is 0 Å². The minimum atomic E-state index is 0.698. The summed E-state index contributed by atoms with van der Waals surface area (Å²) in [5, 5.41) is 4.14. The van der Waals surface area contributed by atoms with Gasteiger partial charge in [-0.15, -0.1) is 0 Å². The molecule has 2 heterocycles. The third kappa shape index (κ3) is 2.63. The molecule has 102 valence electrons. The molecule has 0 bridgehead atoms. The molecule has 1 aromatic carbocycles. The fourth-order valence-corrected chi connectivity index (χ4v) is 2.47. The first-order chi connectivity index (χ1) is 9.61. The van der Waals surface area contributed by atoms with Crippen molar-refractivity contribution in [2.45, 2.75) is 20.4 Å². The maximum atomic E-state index is 5.97. The van der Waals surface area contributed by atoms with Crippen LogP contribution in [0.25, 0.3) is 5.65 Å². The number of imidazole rings is 1. The molecule has 0 atom stereocenters. The average Bonchev–Trinajstić information content (AvgIpc) is 2.79. The predicted molar refractivity (Wildman–Crippen MR) is 83.4 cm³/mol. The molecular formula is C16H16ClN3. The summed E-state index contributed by atoms with van der Waals surface area (Å²) in [6, 6.07) is 10.2. The summed E-state index contributed by atoms with van der Waals surface area (Å²) in [4.78, 5) is 4.56. The molecule has 0 aliphatic rings. The Bertz CT molecular complexity index is 762. The van der Waals surface area contributed by atoms with E-state index in [4.69, 9.17) is 11.6 Å². The van der Waals surface area contributed by atoms with E-state index in [1.807, 2.05) is 28.9 Å². The number of rotatable bonds is 3. The Morgan fingerprint density at radius 3 is 2.80 bits per heavy atom. The van der Waals surface area contributed by atoms with Crippen LogP contribution in [-0.2, 0) is 6.54 Å². The van der Waals surface area contributed by atoms with E-state index in [1.54, 1.807) is 0 Å². The van der Waals surface area contributed by atoms with Crippen molar-refractivity contribution in [3.63, 3.8) is 0 Å². The Balaban J connectivity index is 1.79. The first-order valence-corrected chi connectivity index (χ1v) is 6.94. The fraction of sp³-hybridized carbons (Fsp3) is 0.188. The van der Waals surface area contributed by atoms with Crippen LogP contribution in [0, 0.1) is 13.8 Å². The zero-order chi connectivity index (χ0) is 14.1. The summed E-state index contributed by atoms with van der Waals surface area (Å²) in [7, 11) is 0. The molecule has 3 nitrogen and oxygen atoms in total. The highest BCUT2D eigenvalue weighted by Crippen LogP contribution is 2.17. The number of pyridine rings is 1. The van der Waals surface area contributed by atoms with Crippen molar-refractivity contribution in [2.75, 3.05) is 5.32 Å². The van der Waals surface area contributed by atoms with E-state index in [-0.39, 0.29) is 0 Å². The molecule has 0 spiro atoms. The van der Waals surface area contributed by atoms with Crippen LogP contribution in [0.4, 0.5) is 5.69 Å². The fourth-order valence-electron chi connectivity index (χ4n) is 2.30. The zero-order valence-corrected chi connectivity index (χ0v) is 12.3. The van der Waals surface area contributed by atoms with Gasteiger partial charge >= 0.3 is 0 Å². The monoisotopic (exact) mass is 285 g/mol. The van der Waals surface area contributed by atoms with Gasteiger partial charge in [0.25, 0.3) is 0 Å². The smallest absolute Gasteiger partial charge is 0.137 e. The van der Waals surface area contributed by atoms with E-state index < -0.39 is 0 Å². The Hall–Kier alpha value is -2.00. The van der Waals surface area contributed by atoms with Crippen LogP contribution in [0.5, 0.6) is 0 Å². The summed E-state index contributed by atoms with van der Waals surface area (Å²) in [6.07, 6.45) is 3.86. The van der Waals surface area contributed by atoms with Crippen LogP contribution in [0.3, 0.4) is 0 Å². The van der Waals surface area contributed by atoms with E-state index in [1.165, 1.54) is 11.1 Å². The van der Waals surface area contributed by atoms with Crippen molar-refractivity contribution in [1.29, 1.82) is 0 Å². The predicted octanol–water partition coefficient (Wildman–Crippen LogP) is 4.22. The Morgan fingerprint density at radius 2 is 2.00 bits per heavy atom. The quantitative estimate of drug-likeness (QED) is 0.781. The SMILES string of the molecule is Cc1ccc(NCc2cn3cc(Cl)ccc3n2)c(C)c1. The van der Waals surface area contributed by atoms with Gasteiger partial charge in [0.1, 0.15) is 5.65 Å². The number of aromatic nitrogens is 2. The second-order valence-corrected chi connectivity index (χ2v) is 5.45. The summed E-state index contributed by atoms with van der Waals surface area (Å²) in [5.41, 5.74) is 5.57. The van der Waals surface area contributed by atoms with Crippen LogP contribution >= 0.6 is 11.6 Å². The van der Waals surface area contributed by atoms with Gasteiger partial charge in [0.05, 0.1) is 17.3 Å². The van der Waals surface area contributed by atoms with Crippen molar-refractivity contribution in [1.82, 2.24) is 9.38 Å². The second kappa shape index (κ2) is 5.17. The largest absolute Gasteiger partial charge is 0.379 e. The molecule has 3 rings (SSSR count). The van der Waals surface area contributed by atoms with Crippen molar-refractivity contribution in [3.8, 4) is 0 Å². The van der Waals surface area contributed by atoms with E-state index in [9.17, 15) is 0 Å². The third-order valence-electron chi connectivity index (χ3n) is 3.31. The number of hydrogen-bond donors (Lipinski definition) is 1. The van der Waals surface area contributed by atoms with E-state index in [0.29, 0.717) is 11.6 Å². The van der Waals surface area contributed by atoms with Crippen molar-refractivity contribution >= 4 is 22.9 Å². The topological polar surface area (TPSA) is 29.3 Å². The highest BCUT2D eigenvalue weighted by Gasteiger charge is 2.03. The minimum absolute atomic E-state index is 0.698. The standard InChI is InChI=1S/C16H16ClN3/c1-11-3-5-15(12(2)7-11)18-8-14-10-20-9-13(17)4-6-16(20)19-14/h3-7,9-10,18H,8H2,1-2H3. The average molecular weight is 286 g/mol. The van der Waals surface area contributed by atoms with Crippen LogP contribution in [0.2, 0.25) is 5.02 Å². The third-order valence-corrected chi connectivity index (χ3v) is 3.53. The molecule has 0 saturated carbocycles. The first-order valence-electron chi connectivity index (χ1n) is 6.56. The molecule has 0 aliphatic carbocycles. The summed E-state index contributed by atoms with van der Waals surface area (Å²) < 4.78 is 1.95. The maximum Gasteiger partial charge on any atom is 0.137 e. The number of hydrogen-bond acceptors (Lipinski definition) is 2. The Labute approximate surface area is 123 Å². The van der Waals surface area contributed by atoms with Crippen LogP contribution < -0.4 is 5.32 Å². The van der Waals surface area contributed by atoms with Gasteiger partial charge in [-0.05, 0) is 37.6 Å². The van der Waals surface area contributed by atoms with Crippen molar-refractivity contribution < 1.29 is 0 Å². The number of fused-ring (bicyclic) bond motifs is 1. The Kier molecular flexibility index (Phi) is 3.36. The molecule has 20 heavy (non-hydrogen) atoms. The molecule has 3 aromatic rings. The molecule has 0 aliphatic heterocycles. The summed E-state index contributed by atoms with van der Waals surface area (Å²) in [5.74, 6) is 0. The number of halogens is 1. The molecule has 0 radical (unpaired) electrons. The lowest BCUT2D eigenvalue weighted by atomic mass is 10.1. The van der Waals surface area contributed by atoms with Crippen molar-refractivity contribution in [2.24, 2.45) is 0 Å². The minimum Gasteiger partial charge on any atom is -0.379 e. The number of benzene rings is 1. The zero-order valence-electron chi connectivity index (χ0n) is 11.5. The van der Waals surface area contributed by atoms with Gasteiger partial charge in [-0.25, -0.2) is 4.98 Å². The van der Waals surface area contributed by atoms with Gasteiger partial charge in [0, 0.05) is 18.1 Å². The second-order valence-electron chi connectivity index (χ2n) is 5.02. The van der Waals surface area contributed by atoms with Gasteiger partial charge in [0.15, 0.2) is 0 Å². The van der Waals surface area contributed by atoms with Gasteiger partial charge in [0.2, 0.25) is 0 Å². The summed E-state index contributed by atoms with van der Waals surface area (Å²) in [6.45, 7) is 4.91. The lowest BCUT2D eigenvalue weighted by Gasteiger charge is -2.08. The highest BCUT2D eigenvalue weighted by atomic mass is 35.5. The highest BCUT2D eigenvalue weighted by molar-refractivity contribution is 6.30. The number of aryl methyl sites for hydroxylation is 2. The van der Waals surface area contributed by atoms with E-state index >= 15 is 0 Å². The molecule has 2 aromatic heterocycles. The van der Waals surface area contributed by atoms with Gasteiger partial charge < -0.3 is 9.72 Å². The van der Waals surface area contributed by atoms with Crippen LogP contribution in [-0.4, -0.2) is 9.38 Å². The molecule has 0 amide bonds. The van der Waals surface area contributed by atoms with E-state index in [2.05, 4.69) is 42.3 Å². The molecule has 4 heteroatoms. The normalized spacial score (nSPS) is 10.9. The number of anilines is 1. The van der Waals surface area contributed by atoms with Crippen molar-refractivity contribution in [3.05, 3.63) is 64.6 Å². The molecule has 0 fully saturated rings. The van der Waals surface area contributed by atoms with E-state index in [0.717, 1.165) is 17.0 Å². The molecule has 0 saturated heterocycles. The molecule has 0 unspecified atom stereocenters. The van der Waals surface area contributed by atoms with Gasteiger partial charge in [-0.1, -0.05) is 29.3 Å². The lowest BCUT2D eigenvalue weighted by Crippen LogP contribution is -2.01. The maximum absolute atomic E-state index is 5.97. The first kappa shape index (κ1) is 13.0. The Morgan fingerprint density at radius 1 is 1.15 bits per heavy atom. The van der Waals surface area contributed by atoms with Crippen LogP contribution in [0.15, 0.2) is 42.7 Å². The lowest BCUT2D eigenvalue weighted by molar-refractivity contribution is 1.07. The summed E-state index contributed by atoms with van der Waals surface area (Å²) >= 11 is 5.97. The van der Waals surface area contributed by atoms with Gasteiger partial charge in [-0.2, -0.15) is 0 Å².